The second-order valence-electron chi connectivity index (χ2n) is 7.03. The molecule has 0 saturated heterocycles. The second kappa shape index (κ2) is 8.53. The van der Waals surface area contributed by atoms with Gasteiger partial charge in [-0.05, 0) is 68.5 Å². The number of halogens is 2. The Balaban J connectivity index is 1.51. The van der Waals surface area contributed by atoms with E-state index in [9.17, 15) is 14.0 Å². The smallest absolute Gasteiger partial charge is 0.227 e. The van der Waals surface area contributed by atoms with E-state index in [0.717, 1.165) is 11.3 Å². The highest BCUT2D eigenvalue weighted by atomic mass is 35.5. The number of benzene rings is 2. The fraction of sp³-hybridized carbons (Fsp3) is 0.333. The van der Waals surface area contributed by atoms with Crippen LogP contribution in [-0.2, 0) is 9.59 Å². The first-order valence-corrected chi connectivity index (χ1v) is 9.43. The highest BCUT2D eigenvalue weighted by Crippen LogP contribution is 2.31. The van der Waals surface area contributed by atoms with Crippen molar-refractivity contribution >= 4 is 34.8 Å². The molecule has 2 aromatic carbocycles. The first kappa shape index (κ1) is 19.4. The first-order valence-electron chi connectivity index (χ1n) is 9.06. The molecule has 1 aliphatic carbocycles. The number of aryl methyl sites for hydroxylation is 1. The van der Waals surface area contributed by atoms with E-state index in [1.54, 1.807) is 0 Å². The first-order chi connectivity index (χ1) is 12.9. The lowest BCUT2D eigenvalue weighted by Gasteiger charge is -2.27. The molecule has 3 rings (SSSR count). The minimum Gasteiger partial charge on any atom is -0.326 e. The number of carbonyl (C=O) groups excluding carboxylic acids is 2. The van der Waals surface area contributed by atoms with Crippen LogP contribution in [0.4, 0.5) is 15.8 Å². The summed E-state index contributed by atoms with van der Waals surface area (Å²) in [4.78, 5) is 24.9. The van der Waals surface area contributed by atoms with Gasteiger partial charge in [0.2, 0.25) is 11.8 Å². The van der Waals surface area contributed by atoms with E-state index in [1.165, 1.54) is 18.2 Å². The van der Waals surface area contributed by atoms with Crippen LogP contribution in [0.5, 0.6) is 0 Å². The second-order valence-corrected chi connectivity index (χ2v) is 7.43. The minimum atomic E-state index is -0.519. The lowest BCUT2D eigenvalue weighted by molar-refractivity contribution is -0.125. The van der Waals surface area contributed by atoms with Crippen molar-refractivity contribution in [1.82, 2.24) is 0 Å². The van der Waals surface area contributed by atoms with Gasteiger partial charge in [-0.25, -0.2) is 4.39 Å². The SMILES string of the molecule is Cc1cccc(NC(=O)C2CCC(C(=O)Nc3ccc(F)c(Cl)c3)CC2)c1. The van der Waals surface area contributed by atoms with Gasteiger partial charge in [-0.2, -0.15) is 0 Å². The molecule has 2 amide bonds. The number of nitrogens with one attached hydrogen (secondary N) is 2. The molecule has 2 aromatic rings. The number of anilines is 2. The summed E-state index contributed by atoms with van der Waals surface area (Å²) in [6.07, 6.45) is 2.62. The van der Waals surface area contributed by atoms with Gasteiger partial charge in [0, 0.05) is 23.2 Å². The van der Waals surface area contributed by atoms with Gasteiger partial charge in [0.25, 0.3) is 0 Å². The van der Waals surface area contributed by atoms with Crippen molar-refractivity contribution in [3.8, 4) is 0 Å². The molecule has 4 nitrogen and oxygen atoms in total. The third-order valence-corrected chi connectivity index (χ3v) is 5.23. The van der Waals surface area contributed by atoms with E-state index in [-0.39, 0.29) is 28.7 Å². The van der Waals surface area contributed by atoms with E-state index >= 15 is 0 Å². The number of carbonyl (C=O) groups is 2. The van der Waals surface area contributed by atoms with E-state index in [4.69, 9.17) is 11.6 Å². The summed E-state index contributed by atoms with van der Waals surface area (Å²) in [5.74, 6) is -0.874. The normalized spacial score (nSPS) is 19.4. The van der Waals surface area contributed by atoms with E-state index < -0.39 is 5.82 Å². The summed E-state index contributed by atoms with van der Waals surface area (Å²) >= 11 is 5.74. The van der Waals surface area contributed by atoms with Gasteiger partial charge in [0.1, 0.15) is 5.82 Å². The molecule has 0 radical (unpaired) electrons. The van der Waals surface area contributed by atoms with E-state index in [0.29, 0.717) is 31.4 Å². The average molecular weight is 389 g/mol. The molecular formula is C21H22ClFN2O2. The molecule has 6 heteroatoms. The van der Waals surface area contributed by atoms with Crippen LogP contribution in [0.3, 0.4) is 0 Å². The van der Waals surface area contributed by atoms with Crippen molar-refractivity contribution < 1.29 is 14.0 Å². The fourth-order valence-electron chi connectivity index (χ4n) is 3.40. The molecule has 0 unspecified atom stereocenters. The summed E-state index contributed by atoms with van der Waals surface area (Å²) in [6.45, 7) is 1.98. The topological polar surface area (TPSA) is 58.2 Å². The number of hydrogen-bond acceptors (Lipinski definition) is 2. The molecule has 2 N–H and O–H groups in total. The summed E-state index contributed by atoms with van der Waals surface area (Å²) < 4.78 is 13.2. The summed E-state index contributed by atoms with van der Waals surface area (Å²) in [7, 11) is 0. The Morgan fingerprint density at radius 2 is 1.48 bits per heavy atom. The van der Waals surface area contributed by atoms with Crippen molar-refractivity contribution in [2.75, 3.05) is 10.6 Å². The predicted molar refractivity (Wildman–Crippen MR) is 105 cm³/mol. The third-order valence-electron chi connectivity index (χ3n) is 4.94. The standard InChI is InChI=1S/C21H22ClFN2O2/c1-13-3-2-4-16(11-13)24-20(26)14-5-7-15(8-6-14)21(27)25-17-9-10-19(23)18(22)12-17/h2-4,9-12,14-15H,5-8H2,1H3,(H,24,26)(H,25,27). The summed E-state index contributed by atoms with van der Waals surface area (Å²) in [6, 6.07) is 11.8. The van der Waals surface area contributed by atoms with Crippen molar-refractivity contribution in [3.05, 3.63) is 58.9 Å². The predicted octanol–water partition coefficient (Wildman–Crippen LogP) is 5.17. The zero-order chi connectivity index (χ0) is 19.4. The molecule has 0 aromatic heterocycles. The molecular weight excluding hydrogens is 367 g/mol. The van der Waals surface area contributed by atoms with Gasteiger partial charge in [-0.1, -0.05) is 23.7 Å². The van der Waals surface area contributed by atoms with Gasteiger partial charge in [0.15, 0.2) is 0 Å². The van der Waals surface area contributed by atoms with Crippen molar-refractivity contribution in [3.63, 3.8) is 0 Å². The Labute approximate surface area is 163 Å². The van der Waals surface area contributed by atoms with Crippen LogP contribution in [0, 0.1) is 24.6 Å². The maximum Gasteiger partial charge on any atom is 0.227 e. The minimum absolute atomic E-state index is 0.00442. The Morgan fingerprint density at radius 3 is 2.00 bits per heavy atom. The largest absolute Gasteiger partial charge is 0.326 e. The van der Waals surface area contributed by atoms with Gasteiger partial charge in [-0.15, -0.1) is 0 Å². The lowest BCUT2D eigenvalue weighted by Crippen LogP contribution is -2.32. The molecule has 1 aliphatic rings. The van der Waals surface area contributed by atoms with E-state index in [1.807, 2.05) is 31.2 Å². The molecule has 0 aliphatic heterocycles. The van der Waals surface area contributed by atoms with Crippen LogP contribution >= 0.6 is 11.6 Å². The van der Waals surface area contributed by atoms with Crippen LogP contribution in [0.2, 0.25) is 5.02 Å². The van der Waals surface area contributed by atoms with Crippen LogP contribution < -0.4 is 10.6 Å². The highest BCUT2D eigenvalue weighted by molar-refractivity contribution is 6.31. The third kappa shape index (κ3) is 5.07. The van der Waals surface area contributed by atoms with Crippen molar-refractivity contribution in [1.29, 1.82) is 0 Å². The molecule has 1 fully saturated rings. The number of hydrogen-bond donors (Lipinski definition) is 2. The van der Waals surface area contributed by atoms with Gasteiger partial charge in [0.05, 0.1) is 5.02 Å². The molecule has 0 heterocycles. The van der Waals surface area contributed by atoms with Crippen LogP contribution in [0.25, 0.3) is 0 Å². The summed E-state index contributed by atoms with van der Waals surface area (Å²) in [5.41, 5.74) is 2.37. The number of rotatable bonds is 4. The molecule has 0 spiro atoms. The zero-order valence-electron chi connectivity index (χ0n) is 15.1. The fourth-order valence-corrected chi connectivity index (χ4v) is 3.58. The van der Waals surface area contributed by atoms with Crippen LogP contribution in [0.15, 0.2) is 42.5 Å². The van der Waals surface area contributed by atoms with Crippen LogP contribution in [0.1, 0.15) is 31.2 Å². The van der Waals surface area contributed by atoms with E-state index in [2.05, 4.69) is 10.6 Å². The lowest BCUT2D eigenvalue weighted by atomic mass is 9.81. The Morgan fingerprint density at radius 1 is 0.926 bits per heavy atom. The summed E-state index contributed by atoms with van der Waals surface area (Å²) in [5, 5.41) is 5.71. The quantitative estimate of drug-likeness (QED) is 0.758. The molecule has 1 saturated carbocycles. The van der Waals surface area contributed by atoms with Gasteiger partial charge >= 0.3 is 0 Å². The van der Waals surface area contributed by atoms with Gasteiger partial charge < -0.3 is 10.6 Å². The number of amides is 2. The van der Waals surface area contributed by atoms with Gasteiger partial charge in [-0.3, -0.25) is 9.59 Å². The highest BCUT2D eigenvalue weighted by Gasteiger charge is 2.30. The monoisotopic (exact) mass is 388 g/mol. The molecule has 0 atom stereocenters. The Hall–Kier alpha value is -2.40. The van der Waals surface area contributed by atoms with Crippen molar-refractivity contribution in [2.24, 2.45) is 11.8 Å². The molecule has 142 valence electrons. The maximum absolute atomic E-state index is 13.2. The Bertz CT molecular complexity index is 848. The zero-order valence-corrected chi connectivity index (χ0v) is 15.9. The molecule has 0 bridgehead atoms. The molecule has 27 heavy (non-hydrogen) atoms. The Kier molecular flexibility index (Phi) is 6.11. The maximum atomic E-state index is 13.2. The average Bonchev–Trinajstić information content (AvgIpc) is 2.65. The van der Waals surface area contributed by atoms with Crippen LogP contribution in [-0.4, -0.2) is 11.8 Å². The van der Waals surface area contributed by atoms with Crippen molar-refractivity contribution in [2.45, 2.75) is 32.6 Å².